The molecule has 0 amide bonds. The molecule has 0 atom stereocenters. The molecule has 2 heterocycles. The average molecular weight is 254 g/mol. The predicted molar refractivity (Wildman–Crippen MR) is 65.4 cm³/mol. The standard InChI is InChI=1S/C13H16F2N2O/c14-13(15)4-6-17(9-13)11-3-1-2-10-8-16-5-7-18-12(10)11/h1-3,16H,4-9H2. The molecule has 3 nitrogen and oxygen atoms in total. The van der Waals surface area contributed by atoms with Crippen LogP contribution in [-0.2, 0) is 6.54 Å². The SMILES string of the molecule is FC1(F)CCN(c2cccc3c2OCCNC3)C1. The second-order valence-corrected chi connectivity index (χ2v) is 4.82. The molecule has 1 aromatic rings. The molecule has 0 aliphatic carbocycles. The minimum atomic E-state index is -2.58. The molecule has 0 aromatic heterocycles. The van der Waals surface area contributed by atoms with Crippen LogP contribution < -0.4 is 15.0 Å². The molecule has 18 heavy (non-hydrogen) atoms. The van der Waals surface area contributed by atoms with Crippen molar-refractivity contribution < 1.29 is 13.5 Å². The first-order valence-corrected chi connectivity index (χ1v) is 6.24. The van der Waals surface area contributed by atoms with Crippen molar-refractivity contribution >= 4 is 5.69 Å². The lowest BCUT2D eigenvalue weighted by Crippen LogP contribution is -2.25. The Hall–Kier alpha value is -1.36. The first kappa shape index (κ1) is 11.7. The van der Waals surface area contributed by atoms with Gasteiger partial charge in [-0.25, -0.2) is 8.78 Å². The molecule has 0 saturated carbocycles. The number of nitrogens with zero attached hydrogens (tertiary/aromatic N) is 1. The van der Waals surface area contributed by atoms with Crippen LogP contribution in [0.4, 0.5) is 14.5 Å². The largest absolute Gasteiger partial charge is 0.490 e. The highest BCUT2D eigenvalue weighted by Crippen LogP contribution is 2.38. The van der Waals surface area contributed by atoms with Gasteiger partial charge in [0, 0.05) is 31.6 Å². The lowest BCUT2D eigenvalue weighted by Gasteiger charge is -2.22. The van der Waals surface area contributed by atoms with E-state index >= 15 is 0 Å². The molecule has 1 saturated heterocycles. The number of hydrogen-bond donors (Lipinski definition) is 1. The van der Waals surface area contributed by atoms with Crippen molar-refractivity contribution in [1.82, 2.24) is 5.32 Å². The number of hydrogen-bond acceptors (Lipinski definition) is 3. The van der Waals surface area contributed by atoms with Crippen molar-refractivity contribution in [3.05, 3.63) is 23.8 Å². The number of benzene rings is 1. The summed E-state index contributed by atoms with van der Waals surface area (Å²) in [6, 6.07) is 5.75. The van der Waals surface area contributed by atoms with Crippen LogP contribution in [0.2, 0.25) is 0 Å². The predicted octanol–water partition coefficient (Wildman–Crippen LogP) is 2.01. The van der Waals surface area contributed by atoms with E-state index < -0.39 is 5.92 Å². The number of ether oxygens (including phenoxy) is 1. The van der Waals surface area contributed by atoms with Gasteiger partial charge in [-0.15, -0.1) is 0 Å². The highest BCUT2D eigenvalue weighted by Gasteiger charge is 2.39. The van der Waals surface area contributed by atoms with Crippen LogP contribution >= 0.6 is 0 Å². The molecule has 0 unspecified atom stereocenters. The molecular weight excluding hydrogens is 238 g/mol. The third-order valence-electron chi connectivity index (χ3n) is 3.43. The third kappa shape index (κ3) is 2.14. The number of alkyl halides is 2. The fraction of sp³-hybridized carbons (Fsp3) is 0.538. The van der Waals surface area contributed by atoms with Crippen LogP contribution in [0.5, 0.6) is 5.75 Å². The van der Waals surface area contributed by atoms with E-state index in [0.29, 0.717) is 13.2 Å². The minimum Gasteiger partial charge on any atom is -0.490 e. The van der Waals surface area contributed by atoms with Crippen LogP contribution in [0.3, 0.4) is 0 Å². The number of rotatable bonds is 1. The summed E-state index contributed by atoms with van der Waals surface area (Å²) in [6.07, 6.45) is -0.0745. The normalized spacial score (nSPS) is 22.2. The Balaban J connectivity index is 1.93. The van der Waals surface area contributed by atoms with Gasteiger partial charge in [0.2, 0.25) is 0 Å². The smallest absolute Gasteiger partial charge is 0.266 e. The Bertz CT molecular complexity index is 451. The molecule has 1 N–H and O–H groups in total. The van der Waals surface area contributed by atoms with Crippen molar-refractivity contribution in [2.24, 2.45) is 0 Å². The highest BCUT2D eigenvalue weighted by atomic mass is 19.3. The average Bonchev–Trinajstić information content (AvgIpc) is 2.58. The summed E-state index contributed by atoms with van der Waals surface area (Å²) in [4.78, 5) is 1.73. The molecule has 2 aliphatic heterocycles. The van der Waals surface area contributed by atoms with Gasteiger partial charge in [0.1, 0.15) is 12.4 Å². The van der Waals surface area contributed by atoms with E-state index in [0.717, 1.165) is 30.1 Å². The van der Waals surface area contributed by atoms with Crippen LogP contribution in [0.25, 0.3) is 0 Å². The van der Waals surface area contributed by atoms with E-state index in [4.69, 9.17) is 4.74 Å². The minimum absolute atomic E-state index is 0.0745. The van der Waals surface area contributed by atoms with Gasteiger partial charge in [0.05, 0.1) is 12.2 Å². The van der Waals surface area contributed by atoms with E-state index in [1.807, 2.05) is 18.2 Å². The van der Waals surface area contributed by atoms with E-state index in [-0.39, 0.29) is 13.0 Å². The molecular formula is C13H16F2N2O. The second kappa shape index (κ2) is 4.39. The number of para-hydroxylation sites is 1. The Labute approximate surface area is 105 Å². The van der Waals surface area contributed by atoms with Crippen LogP contribution in [0.15, 0.2) is 18.2 Å². The number of halogens is 2. The molecule has 3 rings (SSSR count). The van der Waals surface area contributed by atoms with Gasteiger partial charge in [0.25, 0.3) is 5.92 Å². The molecule has 0 bridgehead atoms. The Morgan fingerprint density at radius 1 is 1.33 bits per heavy atom. The maximum atomic E-state index is 13.3. The molecule has 0 spiro atoms. The molecule has 98 valence electrons. The maximum Gasteiger partial charge on any atom is 0.266 e. The number of anilines is 1. The third-order valence-corrected chi connectivity index (χ3v) is 3.43. The summed E-state index contributed by atoms with van der Waals surface area (Å²) in [5.74, 6) is -1.81. The Morgan fingerprint density at radius 3 is 3.00 bits per heavy atom. The molecule has 1 aromatic carbocycles. The van der Waals surface area contributed by atoms with Crippen LogP contribution in [0.1, 0.15) is 12.0 Å². The fourth-order valence-corrected chi connectivity index (χ4v) is 2.52. The van der Waals surface area contributed by atoms with Crippen molar-refractivity contribution in [1.29, 1.82) is 0 Å². The lowest BCUT2D eigenvalue weighted by atomic mass is 10.1. The van der Waals surface area contributed by atoms with Crippen molar-refractivity contribution in [2.45, 2.75) is 18.9 Å². The van der Waals surface area contributed by atoms with Crippen molar-refractivity contribution in [3.8, 4) is 5.75 Å². The van der Waals surface area contributed by atoms with Gasteiger partial charge in [-0.1, -0.05) is 12.1 Å². The summed E-state index contributed by atoms with van der Waals surface area (Å²) in [5, 5.41) is 3.25. The summed E-state index contributed by atoms with van der Waals surface area (Å²) in [5.41, 5.74) is 1.84. The van der Waals surface area contributed by atoms with Gasteiger partial charge in [-0.3, -0.25) is 0 Å². The van der Waals surface area contributed by atoms with E-state index in [1.54, 1.807) is 4.90 Å². The molecule has 1 fully saturated rings. The van der Waals surface area contributed by atoms with Crippen molar-refractivity contribution in [2.75, 3.05) is 31.1 Å². The Morgan fingerprint density at radius 2 is 2.22 bits per heavy atom. The first-order chi connectivity index (χ1) is 8.66. The van der Waals surface area contributed by atoms with E-state index in [9.17, 15) is 8.78 Å². The topological polar surface area (TPSA) is 24.5 Å². The van der Waals surface area contributed by atoms with Gasteiger partial charge in [0.15, 0.2) is 0 Å². The molecule has 2 aliphatic rings. The van der Waals surface area contributed by atoms with Gasteiger partial charge < -0.3 is 15.0 Å². The fourth-order valence-electron chi connectivity index (χ4n) is 2.52. The second-order valence-electron chi connectivity index (χ2n) is 4.82. The molecule has 5 heteroatoms. The van der Waals surface area contributed by atoms with Crippen LogP contribution in [0, 0.1) is 0 Å². The van der Waals surface area contributed by atoms with Gasteiger partial charge in [-0.05, 0) is 6.07 Å². The van der Waals surface area contributed by atoms with Crippen molar-refractivity contribution in [3.63, 3.8) is 0 Å². The van der Waals surface area contributed by atoms with Gasteiger partial charge >= 0.3 is 0 Å². The van der Waals surface area contributed by atoms with Crippen LogP contribution in [-0.4, -0.2) is 32.2 Å². The summed E-state index contributed by atoms with van der Waals surface area (Å²) < 4.78 is 32.3. The van der Waals surface area contributed by atoms with E-state index in [2.05, 4.69) is 5.32 Å². The zero-order chi connectivity index (χ0) is 12.6. The quantitative estimate of drug-likeness (QED) is 0.829. The number of nitrogens with one attached hydrogen (secondary N) is 1. The van der Waals surface area contributed by atoms with Gasteiger partial charge in [-0.2, -0.15) is 0 Å². The first-order valence-electron chi connectivity index (χ1n) is 6.24. The maximum absolute atomic E-state index is 13.3. The number of fused-ring (bicyclic) bond motifs is 1. The monoisotopic (exact) mass is 254 g/mol. The zero-order valence-corrected chi connectivity index (χ0v) is 10.1. The molecule has 0 radical (unpaired) electrons. The Kier molecular flexibility index (Phi) is 2.86. The lowest BCUT2D eigenvalue weighted by molar-refractivity contribution is 0.0257. The van der Waals surface area contributed by atoms with E-state index in [1.165, 1.54) is 0 Å². The summed E-state index contributed by atoms with van der Waals surface area (Å²) in [7, 11) is 0. The highest BCUT2D eigenvalue weighted by molar-refractivity contribution is 5.63. The zero-order valence-electron chi connectivity index (χ0n) is 10.1. The summed E-state index contributed by atoms with van der Waals surface area (Å²) >= 11 is 0. The summed E-state index contributed by atoms with van der Waals surface area (Å²) in [6.45, 7) is 2.27.